The largest absolute Gasteiger partial charge is 0.350 e. The fourth-order valence-electron chi connectivity index (χ4n) is 2.47. The molecule has 1 aliphatic rings. The van der Waals surface area contributed by atoms with Gasteiger partial charge in [-0.3, -0.25) is 9.78 Å². The molecule has 1 saturated heterocycles. The summed E-state index contributed by atoms with van der Waals surface area (Å²) in [5, 5.41) is 6.03. The molecule has 0 saturated carbocycles. The van der Waals surface area contributed by atoms with Gasteiger partial charge in [0.05, 0.1) is 0 Å². The monoisotopic (exact) mass is 288 g/mol. The van der Waals surface area contributed by atoms with Gasteiger partial charge in [0.25, 0.3) is 5.91 Å². The second-order valence-corrected chi connectivity index (χ2v) is 5.62. The van der Waals surface area contributed by atoms with E-state index < -0.39 is 0 Å². The van der Waals surface area contributed by atoms with Gasteiger partial charge in [-0.1, -0.05) is 0 Å². The molecule has 20 heavy (non-hydrogen) atoms. The number of thiazole rings is 1. The van der Waals surface area contributed by atoms with Crippen LogP contribution in [0, 0.1) is 0 Å². The minimum atomic E-state index is -0.0432. The number of carbonyl (C=O) groups excluding carboxylic acids is 1. The quantitative estimate of drug-likeness (QED) is 0.934. The van der Waals surface area contributed by atoms with Crippen LogP contribution in [0.3, 0.4) is 0 Å². The Morgan fingerprint density at radius 3 is 3.00 bits per heavy atom. The average molecular weight is 288 g/mol. The Morgan fingerprint density at radius 1 is 1.40 bits per heavy atom. The molecule has 1 aliphatic heterocycles. The Morgan fingerprint density at radius 2 is 2.25 bits per heavy atom. The Labute approximate surface area is 121 Å². The van der Waals surface area contributed by atoms with Crippen molar-refractivity contribution in [3.63, 3.8) is 0 Å². The van der Waals surface area contributed by atoms with E-state index in [9.17, 15) is 4.79 Å². The third-order valence-electron chi connectivity index (χ3n) is 3.48. The molecule has 3 rings (SSSR count). The van der Waals surface area contributed by atoms with Crippen molar-refractivity contribution >= 4 is 22.4 Å². The summed E-state index contributed by atoms with van der Waals surface area (Å²) >= 11 is 1.65. The van der Waals surface area contributed by atoms with Gasteiger partial charge >= 0.3 is 0 Å². The van der Waals surface area contributed by atoms with Crippen LogP contribution < -0.4 is 10.2 Å². The zero-order valence-electron chi connectivity index (χ0n) is 11.0. The maximum absolute atomic E-state index is 12.0. The normalized spacial score (nSPS) is 18.2. The van der Waals surface area contributed by atoms with Crippen LogP contribution in [0.15, 0.2) is 36.1 Å². The van der Waals surface area contributed by atoms with E-state index in [0.29, 0.717) is 18.2 Å². The minimum Gasteiger partial charge on any atom is -0.350 e. The standard InChI is InChI=1S/C14H16N4OS/c19-13(11-3-5-15-6-4-11)17-10-12-2-1-8-18(12)14-16-7-9-20-14/h3-7,9,12H,1-2,8,10H2,(H,17,19)/t12-/m1/s1. The molecule has 1 fully saturated rings. The first-order valence-electron chi connectivity index (χ1n) is 6.69. The van der Waals surface area contributed by atoms with E-state index in [-0.39, 0.29) is 5.91 Å². The summed E-state index contributed by atoms with van der Waals surface area (Å²) in [6.07, 6.45) is 7.33. The van der Waals surface area contributed by atoms with Gasteiger partial charge in [-0.25, -0.2) is 4.98 Å². The van der Waals surface area contributed by atoms with Crippen molar-refractivity contribution in [1.29, 1.82) is 0 Å². The zero-order chi connectivity index (χ0) is 13.8. The van der Waals surface area contributed by atoms with Gasteiger partial charge in [-0.2, -0.15) is 0 Å². The van der Waals surface area contributed by atoms with Crippen LogP contribution >= 0.6 is 11.3 Å². The van der Waals surface area contributed by atoms with E-state index in [4.69, 9.17) is 0 Å². The molecule has 3 heterocycles. The Hall–Kier alpha value is -1.95. The number of amides is 1. The van der Waals surface area contributed by atoms with Gasteiger partial charge in [-0.15, -0.1) is 11.3 Å². The lowest BCUT2D eigenvalue weighted by molar-refractivity contribution is 0.0951. The van der Waals surface area contributed by atoms with Crippen molar-refractivity contribution in [2.75, 3.05) is 18.0 Å². The lowest BCUT2D eigenvalue weighted by Gasteiger charge is -2.24. The Kier molecular flexibility index (Phi) is 3.92. The third-order valence-corrected chi connectivity index (χ3v) is 4.29. The molecule has 0 bridgehead atoms. The van der Waals surface area contributed by atoms with Crippen LogP contribution in [0.1, 0.15) is 23.2 Å². The topological polar surface area (TPSA) is 58.1 Å². The van der Waals surface area contributed by atoms with Gasteiger partial charge in [0.2, 0.25) is 0 Å². The van der Waals surface area contributed by atoms with Gasteiger partial charge in [-0.05, 0) is 25.0 Å². The molecule has 0 aliphatic carbocycles. The highest BCUT2D eigenvalue weighted by atomic mass is 32.1. The molecule has 0 unspecified atom stereocenters. The third kappa shape index (κ3) is 2.80. The molecule has 0 aromatic carbocycles. The van der Waals surface area contributed by atoms with E-state index in [1.165, 1.54) is 0 Å². The minimum absolute atomic E-state index is 0.0432. The van der Waals surface area contributed by atoms with Crippen LogP contribution in [-0.4, -0.2) is 35.0 Å². The summed E-state index contributed by atoms with van der Waals surface area (Å²) in [6, 6.07) is 3.79. The molecule has 104 valence electrons. The summed E-state index contributed by atoms with van der Waals surface area (Å²) < 4.78 is 0. The fourth-order valence-corrected chi connectivity index (χ4v) is 3.21. The lowest BCUT2D eigenvalue weighted by atomic mass is 10.2. The van der Waals surface area contributed by atoms with Crippen LogP contribution in [0.5, 0.6) is 0 Å². The smallest absolute Gasteiger partial charge is 0.251 e. The van der Waals surface area contributed by atoms with Crippen molar-refractivity contribution in [1.82, 2.24) is 15.3 Å². The highest BCUT2D eigenvalue weighted by molar-refractivity contribution is 7.13. The maximum Gasteiger partial charge on any atom is 0.251 e. The molecular weight excluding hydrogens is 272 g/mol. The van der Waals surface area contributed by atoms with E-state index >= 15 is 0 Å². The van der Waals surface area contributed by atoms with Gasteiger partial charge in [0.15, 0.2) is 5.13 Å². The number of carbonyl (C=O) groups is 1. The molecule has 0 spiro atoms. The number of hydrogen-bond acceptors (Lipinski definition) is 5. The number of hydrogen-bond donors (Lipinski definition) is 1. The zero-order valence-corrected chi connectivity index (χ0v) is 11.8. The summed E-state index contributed by atoms with van der Waals surface area (Å²) in [7, 11) is 0. The van der Waals surface area contributed by atoms with Gasteiger partial charge in [0, 0.05) is 48.7 Å². The summed E-state index contributed by atoms with van der Waals surface area (Å²) in [6.45, 7) is 1.67. The first kappa shape index (κ1) is 13.1. The maximum atomic E-state index is 12.0. The molecule has 2 aromatic rings. The lowest BCUT2D eigenvalue weighted by Crippen LogP contribution is -2.40. The number of rotatable bonds is 4. The molecule has 1 atom stereocenters. The van der Waals surface area contributed by atoms with Gasteiger partial charge in [0.1, 0.15) is 0 Å². The van der Waals surface area contributed by atoms with Crippen molar-refractivity contribution in [2.45, 2.75) is 18.9 Å². The molecule has 2 aromatic heterocycles. The molecule has 0 radical (unpaired) electrons. The first-order valence-corrected chi connectivity index (χ1v) is 7.57. The molecular formula is C14H16N4OS. The fraction of sp³-hybridized carbons (Fsp3) is 0.357. The van der Waals surface area contributed by atoms with E-state index in [0.717, 1.165) is 24.5 Å². The van der Waals surface area contributed by atoms with Crippen molar-refractivity contribution in [3.8, 4) is 0 Å². The van der Waals surface area contributed by atoms with E-state index in [1.54, 1.807) is 35.9 Å². The number of aromatic nitrogens is 2. The van der Waals surface area contributed by atoms with Crippen LogP contribution in [0.2, 0.25) is 0 Å². The van der Waals surface area contributed by atoms with Crippen molar-refractivity contribution < 1.29 is 4.79 Å². The van der Waals surface area contributed by atoms with Crippen LogP contribution in [0.25, 0.3) is 0 Å². The predicted octanol–water partition coefficient (Wildman–Crippen LogP) is 1.94. The number of nitrogens with one attached hydrogen (secondary N) is 1. The van der Waals surface area contributed by atoms with E-state index in [1.807, 2.05) is 11.6 Å². The molecule has 1 amide bonds. The van der Waals surface area contributed by atoms with E-state index in [2.05, 4.69) is 20.2 Å². The average Bonchev–Trinajstić information content (AvgIpc) is 3.16. The van der Waals surface area contributed by atoms with Crippen LogP contribution in [0.4, 0.5) is 5.13 Å². The SMILES string of the molecule is O=C(NC[C@H]1CCCN1c1nccs1)c1ccncc1. The molecule has 1 N–H and O–H groups in total. The number of nitrogens with zero attached hydrogens (tertiary/aromatic N) is 3. The summed E-state index contributed by atoms with van der Waals surface area (Å²) in [5.74, 6) is -0.0432. The second-order valence-electron chi connectivity index (χ2n) is 4.75. The highest BCUT2D eigenvalue weighted by Crippen LogP contribution is 2.26. The second kappa shape index (κ2) is 6.00. The van der Waals surface area contributed by atoms with Crippen molar-refractivity contribution in [3.05, 3.63) is 41.7 Å². The first-order chi connectivity index (χ1) is 9.84. The number of anilines is 1. The highest BCUT2D eigenvalue weighted by Gasteiger charge is 2.26. The summed E-state index contributed by atoms with van der Waals surface area (Å²) in [4.78, 5) is 22.6. The Balaban J connectivity index is 1.59. The van der Waals surface area contributed by atoms with Gasteiger partial charge < -0.3 is 10.2 Å². The predicted molar refractivity (Wildman–Crippen MR) is 79.1 cm³/mol. The molecule has 6 heteroatoms. The Bertz CT molecular complexity index is 558. The van der Waals surface area contributed by atoms with Crippen LogP contribution in [-0.2, 0) is 0 Å². The summed E-state index contributed by atoms with van der Waals surface area (Å²) in [5.41, 5.74) is 0.652. The number of pyridine rings is 1. The van der Waals surface area contributed by atoms with Crippen molar-refractivity contribution in [2.24, 2.45) is 0 Å². The molecule has 5 nitrogen and oxygen atoms in total.